The predicted octanol–water partition coefficient (Wildman–Crippen LogP) is 1.49. The number of nitrogens with zero attached hydrogens (tertiary/aromatic N) is 1. The van der Waals surface area contributed by atoms with Crippen molar-refractivity contribution in [1.29, 1.82) is 0 Å². The normalized spacial score (nSPS) is 20.3. The van der Waals surface area contributed by atoms with E-state index in [-0.39, 0.29) is 11.8 Å². The standard InChI is InChI=1S/C12H15N3O2S/c1-13-10(16)12(4-5-12)11(17)15-9-8(7-2-3-7)14-6-18-9/h6-7H,2-5H2,1H3,(H,13,16)(H,15,17). The van der Waals surface area contributed by atoms with Crippen LogP contribution in [0.5, 0.6) is 0 Å². The summed E-state index contributed by atoms with van der Waals surface area (Å²) in [5.41, 5.74) is 1.91. The Labute approximate surface area is 109 Å². The molecule has 2 fully saturated rings. The fourth-order valence-corrected chi connectivity index (χ4v) is 2.90. The summed E-state index contributed by atoms with van der Waals surface area (Å²) in [7, 11) is 1.57. The van der Waals surface area contributed by atoms with Crippen molar-refractivity contribution in [3.63, 3.8) is 0 Å². The molecule has 2 N–H and O–H groups in total. The van der Waals surface area contributed by atoms with Gasteiger partial charge in [-0.3, -0.25) is 9.59 Å². The monoisotopic (exact) mass is 265 g/mol. The highest BCUT2D eigenvalue weighted by atomic mass is 32.1. The Kier molecular flexibility index (Phi) is 2.62. The Morgan fingerprint density at radius 2 is 2.11 bits per heavy atom. The molecule has 0 aromatic carbocycles. The zero-order chi connectivity index (χ0) is 12.8. The fourth-order valence-electron chi connectivity index (χ4n) is 2.14. The zero-order valence-electron chi connectivity index (χ0n) is 10.2. The number of hydrogen-bond acceptors (Lipinski definition) is 4. The molecule has 0 aliphatic heterocycles. The average molecular weight is 265 g/mol. The van der Waals surface area contributed by atoms with E-state index in [1.54, 1.807) is 12.6 Å². The molecule has 2 saturated carbocycles. The molecule has 0 unspecified atom stereocenters. The van der Waals surface area contributed by atoms with Gasteiger partial charge >= 0.3 is 0 Å². The van der Waals surface area contributed by atoms with E-state index < -0.39 is 5.41 Å². The molecule has 1 aromatic rings. The summed E-state index contributed by atoms with van der Waals surface area (Å²) < 4.78 is 0. The molecule has 0 bridgehead atoms. The van der Waals surface area contributed by atoms with Gasteiger partial charge in [0.1, 0.15) is 10.4 Å². The van der Waals surface area contributed by atoms with Gasteiger partial charge in [-0.1, -0.05) is 0 Å². The van der Waals surface area contributed by atoms with Gasteiger partial charge in [0.25, 0.3) is 0 Å². The van der Waals surface area contributed by atoms with E-state index in [0.717, 1.165) is 23.5 Å². The lowest BCUT2D eigenvalue weighted by Crippen LogP contribution is -2.38. The lowest BCUT2D eigenvalue weighted by Gasteiger charge is -2.13. The smallest absolute Gasteiger partial charge is 0.240 e. The van der Waals surface area contributed by atoms with Gasteiger partial charge in [-0.05, 0) is 25.7 Å². The Morgan fingerprint density at radius 3 is 2.67 bits per heavy atom. The Bertz CT molecular complexity index is 503. The van der Waals surface area contributed by atoms with Gasteiger partial charge in [0.2, 0.25) is 11.8 Å². The van der Waals surface area contributed by atoms with Crippen molar-refractivity contribution in [3.05, 3.63) is 11.2 Å². The van der Waals surface area contributed by atoms with Crippen LogP contribution in [-0.2, 0) is 9.59 Å². The van der Waals surface area contributed by atoms with Crippen LogP contribution in [0.3, 0.4) is 0 Å². The van der Waals surface area contributed by atoms with E-state index in [0.29, 0.717) is 18.8 Å². The Morgan fingerprint density at radius 1 is 1.39 bits per heavy atom. The van der Waals surface area contributed by atoms with Crippen molar-refractivity contribution in [2.24, 2.45) is 5.41 Å². The molecule has 1 heterocycles. The number of carbonyl (C=O) groups is 2. The molecule has 2 aliphatic rings. The fraction of sp³-hybridized carbons (Fsp3) is 0.583. The highest BCUT2D eigenvalue weighted by Gasteiger charge is 2.56. The highest BCUT2D eigenvalue weighted by molar-refractivity contribution is 7.14. The van der Waals surface area contributed by atoms with Crippen LogP contribution < -0.4 is 10.6 Å². The van der Waals surface area contributed by atoms with Crippen molar-refractivity contribution in [2.75, 3.05) is 12.4 Å². The lowest BCUT2D eigenvalue weighted by atomic mass is 10.1. The number of rotatable bonds is 4. The second kappa shape index (κ2) is 4.05. The van der Waals surface area contributed by atoms with Gasteiger partial charge in [0, 0.05) is 13.0 Å². The van der Waals surface area contributed by atoms with Crippen molar-refractivity contribution in [1.82, 2.24) is 10.3 Å². The summed E-state index contributed by atoms with van der Waals surface area (Å²) in [4.78, 5) is 28.2. The first-order chi connectivity index (χ1) is 8.67. The molecule has 6 heteroatoms. The van der Waals surface area contributed by atoms with Crippen LogP contribution in [0.15, 0.2) is 5.51 Å². The number of amides is 2. The summed E-state index contributed by atoms with van der Waals surface area (Å²) in [5.74, 6) is 0.132. The molecule has 5 nitrogen and oxygen atoms in total. The third-order valence-corrected chi connectivity index (χ3v) is 4.39. The Balaban J connectivity index is 1.74. The van der Waals surface area contributed by atoms with Crippen molar-refractivity contribution in [3.8, 4) is 0 Å². The lowest BCUT2D eigenvalue weighted by molar-refractivity contribution is -0.134. The first-order valence-electron chi connectivity index (χ1n) is 6.14. The van der Waals surface area contributed by atoms with Crippen molar-refractivity contribution >= 4 is 28.2 Å². The predicted molar refractivity (Wildman–Crippen MR) is 68.5 cm³/mol. The van der Waals surface area contributed by atoms with E-state index in [1.807, 2.05) is 0 Å². The van der Waals surface area contributed by atoms with Gasteiger partial charge < -0.3 is 10.6 Å². The largest absolute Gasteiger partial charge is 0.358 e. The summed E-state index contributed by atoms with van der Waals surface area (Å²) in [5, 5.41) is 6.27. The number of nitrogens with one attached hydrogen (secondary N) is 2. The van der Waals surface area contributed by atoms with E-state index >= 15 is 0 Å². The first kappa shape index (κ1) is 11.6. The number of aromatic nitrogens is 1. The van der Waals surface area contributed by atoms with Crippen LogP contribution >= 0.6 is 11.3 Å². The summed E-state index contributed by atoms with van der Waals surface area (Å²) in [6, 6.07) is 0. The first-order valence-corrected chi connectivity index (χ1v) is 7.02. The van der Waals surface area contributed by atoms with Crippen molar-refractivity contribution < 1.29 is 9.59 Å². The molecule has 0 atom stereocenters. The van der Waals surface area contributed by atoms with Crippen LogP contribution in [0.25, 0.3) is 0 Å². The maximum atomic E-state index is 12.2. The number of thiazole rings is 1. The SMILES string of the molecule is CNC(=O)C1(C(=O)Nc2scnc2C2CC2)CC1. The van der Waals surface area contributed by atoms with Gasteiger partial charge in [-0.15, -0.1) is 11.3 Å². The molecule has 1 aromatic heterocycles. The summed E-state index contributed by atoms with van der Waals surface area (Å²) in [6.07, 6.45) is 3.56. The minimum absolute atomic E-state index is 0.183. The number of carbonyl (C=O) groups excluding carboxylic acids is 2. The molecule has 2 amide bonds. The maximum Gasteiger partial charge on any atom is 0.240 e. The molecular weight excluding hydrogens is 250 g/mol. The topological polar surface area (TPSA) is 71.1 Å². The molecule has 0 spiro atoms. The second-order valence-corrected chi connectivity index (χ2v) is 5.81. The minimum Gasteiger partial charge on any atom is -0.358 e. The maximum absolute atomic E-state index is 12.2. The van der Waals surface area contributed by atoms with E-state index in [1.165, 1.54) is 11.3 Å². The quantitative estimate of drug-likeness (QED) is 0.810. The van der Waals surface area contributed by atoms with E-state index in [9.17, 15) is 9.59 Å². The molecule has 18 heavy (non-hydrogen) atoms. The molecule has 0 radical (unpaired) electrons. The van der Waals surface area contributed by atoms with E-state index in [4.69, 9.17) is 0 Å². The third-order valence-electron chi connectivity index (χ3n) is 3.63. The third kappa shape index (κ3) is 1.80. The number of hydrogen-bond donors (Lipinski definition) is 2. The van der Waals surface area contributed by atoms with E-state index in [2.05, 4.69) is 15.6 Å². The summed E-state index contributed by atoms with van der Waals surface area (Å²) in [6.45, 7) is 0. The van der Waals surface area contributed by atoms with Crippen LogP contribution in [0.2, 0.25) is 0 Å². The number of anilines is 1. The molecule has 96 valence electrons. The van der Waals surface area contributed by atoms with Crippen LogP contribution in [0.1, 0.15) is 37.3 Å². The van der Waals surface area contributed by atoms with Crippen LogP contribution in [0.4, 0.5) is 5.00 Å². The van der Waals surface area contributed by atoms with Crippen LogP contribution in [0, 0.1) is 5.41 Å². The molecule has 0 saturated heterocycles. The second-order valence-electron chi connectivity index (χ2n) is 4.96. The average Bonchev–Trinajstić information content (AvgIpc) is 3.28. The molecular formula is C12H15N3O2S. The van der Waals surface area contributed by atoms with Gasteiger partial charge in [0.15, 0.2) is 0 Å². The highest BCUT2D eigenvalue weighted by Crippen LogP contribution is 2.48. The van der Waals surface area contributed by atoms with Crippen LogP contribution in [-0.4, -0.2) is 23.8 Å². The Hall–Kier alpha value is -1.43. The van der Waals surface area contributed by atoms with Gasteiger partial charge in [-0.25, -0.2) is 4.98 Å². The zero-order valence-corrected chi connectivity index (χ0v) is 11.0. The molecule has 3 rings (SSSR count). The molecule has 2 aliphatic carbocycles. The minimum atomic E-state index is -0.834. The van der Waals surface area contributed by atoms with Gasteiger partial charge in [0.05, 0.1) is 11.2 Å². The van der Waals surface area contributed by atoms with Crippen molar-refractivity contribution in [2.45, 2.75) is 31.6 Å². The van der Waals surface area contributed by atoms with Gasteiger partial charge in [-0.2, -0.15) is 0 Å². The summed E-state index contributed by atoms with van der Waals surface area (Å²) >= 11 is 1.43.